The van der Waals surface area contributed by atoms with Gasteiger partial charge in [-0.1, -0.05) is 72.0 Å². The lowest BCUT2D eigenvalue weighted by molar-refractivity contribution is -0.384. The molecule has 0 radical (unpaired) electrons. The number of para-hydroxylation sites is 1. The summed E-state index contributed by atoms with van der Waals surface area (Å²) < 4.78 is 2.52. The van der Waals surface area contributed by atoms with E-state index < -0.39 is 4.92 Å². The first-order chi connectivity index (χ1) is 16.4. The van der Waals surface area contributed by atoms with E-state index in [2.05, 4.69) is 4.57 Å². The Balaban J connectivity index is 1.49. The molecule has 1 saturated heterocycles. The Morgan fingerprint density at radius 3 is 2.56 bits per heavy atom. The molecule has 1 aliphatic heterocycles. The van der Waals surface area contributed by atoms with E-state index in [4.69, 9.17) is 23.8 Å². The molecule has 9 heteroatoms. The molecule has 2 heterocycles. The largest absolute Gasteiger partial charge is 0.342 e. The second kappa shape index (κ2) is 9.06. The van der Waals surface area contributed by atoms with Crippen molar-refractivity contribution < 1.29 is 9.72 Å². The number of halogens is 1. The molecule has 0 N–H and O–H groups in total. The van der Waals surface area contributed by atoms with Gasteiger partial charge in [-0.15, -0.1) is 0 Å². The van der Waals surface area contributed by atoms with Crippen LogP contribution in [-0.2, 0) is 11.3 Å². The lowest BCUT2D eigenvalue weighted by Crippen LogP contribution is -2.27. The first kappa shape index (κ1) is 22.3. The number of thiocarbonyl (C=S) groups is 1. The molecule has 0 unspecified atom stereocenters. The second-order valence-electron chi connectivity index (χ2n) is 7.65. The number of carbonyl (C=O) groups is 1. The van der Waals surface area contributed by atoms with E-state index >= 15 is 0 Å². The number of non-ortho nitro benzene ring substituents is 1. The molecule has 4 aromatic rings. The molecule has 168 valence electrons. The summed E-state index contributed by atoms with van der Waals surface area (Å²) in [7, 11) is 0. The fourth-order valence-electron chi connectivity index (χ4n) is 3.89. The molecule has 1 aliphatic rings. The van der Waals surface area contributed by atoms with Crippen LogP contribution in [0.25, 0.3) is 17.0 Å². The normalized spacial score (nSPS) is 15.0. The molecule has 3 aromatic carbocycles. The van der Waals surface area contributed by atoms with Crippen molar-refractivity contribution in [2.75, 3.05) is 4.90 Å². The van der Waals surface area contributed by atoms with Crippen LogP contribution in [0.5, 0.6) is 0 Å². The molecule has 0 aliphatic carbocycles. The number of hydrogen-bond acceptors (Lipinski definition) is 5. The van der Waals surface area contributed by atoms with E-state index in [1.807, 2.05) is 36.5 Å². The van der Waals surface area contributed by atoms with Crippen molar-refractivity contribution in [2.45, 2.75) is 6.54 Å². The third-order valence-corrected chi connectivity index (χ3v) is 7.00. The Labute approximate surface area is 209 Å². The Hall–Kier alpha value is -3.46. The number of fused-ring (bicyclic) bond motifs is 1. The highest BCUT2D eigenvalue weighted by atomic mass is 35.5. The number of nitro groups is 1. The number of aromatic nitrogens is 1. The average Bonchev–Trinajstić information content (AvgIpc) is 3.30. The lowest BCUT2D eigenvalue weighted by atomic mass is 10.1. The van der Waals surface area contributed by atoms with Crippen LogP contribution in [0.15, 0.2) is 83.9 Å². The zero-order chi connectivity index (χ0) is 23.8. The SMILES string of the molecule is O=C1/C(=C\c2cn(Cc3ccc([N+](=O)[O-])cc3)c3ccccc23)SC(=S)N1c1cccc(Cl)c1. The van der Waals surface area contributed by atoms with E-state index in [-0.39, 0.29) is 11.6 Å². The van der Waals surface area contributed by atoms with E-state index in [0.717, 1.165) is 22.0 Å². The lowest BCUT2D eigenvalue weighted by Gasteiger charge is -2.14. The zero-order valence-electron chi connectivity index (χ0n) is 17.6. The van der Waals surface area contributed by atoms with Gasteiger partial charge in [0.15, 0.2) is 4.32 Å². The van der Waals surface area contributed by atoms with Gasteiger partial charge in [-0.05, 0) is 35.9 Å². The molecule has 1 amide bonds. The van der Waals surface area contributed by atoms with Crippen molar-refractivity contribution >= 4 is 74.2 Å². The summed E-state index contributed by atoms with van der Waals surface area (Å²) >= 11 is 12.8. The Kier molecular flexibility index (Phi) is 5.95. The number of rotatable bonds is 5. The third kappa shape index (κ3) is 4.23. The Morgan fingerprint density at radius 2 is 1.82 bits per heavy atom. The predicted molar refractivity (Wildman–Crippen MR) is 141 cm³/mol. The highest BCUT2D eigenvalue weighted by Gasteiger charge is 2.33. The van der Waals surface area contributed by atoms with Gasteiger partial charge in [-0.25, -0.2) is 0 Å². The quantitative estimate of drug-likeness (QED) is 0.131. The van der Waals surface area contributed by atoms with Gasteiger partial charge in [0.05, 0.1) is 15.5 Å². The molecule has 0 atom stereocenters. The van der Waals surface area contributed by atoms with Crippen molar-refractivity contribution in [3.05, 3.63) is 110 Å². The predicted octanol–water partition coefficient (Wildman–Crippen LogP) is 6.66. The molecule has 5 rings (SSSR count). The smallest absolute Gasteiger partial charge is 0.270 e. The highest BCUT2D eigenvalue weighted by molar-refractivity contribution is 8.27. The molecule has 1 fully saturated rings. The standard InChI is InChI=1S/C25H16ClN3O3S2/c26-18-4-3-5-20(13-18)28-24(30)23(34-25(28)33)12-17-15-27(22-7-2-1-6-21(17)22)14-16-8-10-19(11-9-16)29(31)32/h1-13,15H,14H2/b23-12+. The summed E-state index contributed by atoms with van der Waals surface area (Å²) in [5, 5.41) is 12.5. The molecule has 0 bridgehead atoms. The van der Waals surface area contributed by atoms with Crippen molar-refractivity contribution in [3.63, 3.8) is 0 Å². The molecule has 6 nitrogen and oxygen atoms in total. The minimum atomic E-state index is -0.410. The molecule has 1 aromatic heterocycles. The minimum Gasteiger partial charge on any atom is -0.342 e. The van der Waals surface area contributed by atoms with Crippen LogP contribution in [-0.4, -0.2) is 19.7 Å². The number of anilines is 1. The average molecular weight is 506 g/mol. The Bertz CT molecular complexity index is 1500. The van der Waals surface area contributed by atoms with Gasteiger partial charge < -0.3 is 4.57 Å². The van der Waals surface area contributed by atoms with Crippen molar-refractivity contribution in [3.8, 4) is 0 Å². The van der Waals surface area contributed by atoms with Crippen molar-refractivity contribution in [1.82, 2.24) is 4.57 Å². The van der Waals surface area contributed by atoms with Gasteiger partial charge >= 0.3 is 0 Å². The fourth-order valence-corrected chi connectivity index (χ4v) is 5.36. The number of hydrogen-bond donors (Lipinski definition) is 0. The topological polar surface area (TPSA) is 68.4 Å². The Morgan fingerprint density at radius 1 is 1.06 bits per heavy atom. The van der Waals surface area contributed by atoms with Crippen LogP contribution in [0.4, 0.5) is 11.4 Å². The van der Waals surface area contributed by atoms with Gasteiger partial charge in [-0.2, -0.15) is 0 Å². The first-order valence-electron chi connectivity index (χ1n) is 10.3. The second-order valence-corrected chi connectivity index (χ2v) is 9.76. The van der Waals surface area contributed by atoms with Gasteiger partial charge in [0.1, 0.15) is 0 Å². The van der Waals surface area contributed by atoms with Gasteiger partial charge in [0.2, 0.25) is 0 Å². The summed E-state index contributed by atoms with van der Waals surface area (Å²) in [5.74, 6) is -0.190. The monoisotopic (exact) mass is 505 g/mol. The highest BCUT2D eigenvalue weighted by Crippen LogP contribution is 2.37. The summed E-state index contributed by atoms with van der Waals surface area (Å²) in [6, 6.07) is 21.5. The van der Waals surface area contributed by atoms with Gasteiger partial charge in [0, 0.05) is 46.4 Å². The number of thioether (sulfide) groups is 1. The zero-order valence-corrected chi connectivity index (χ0v) is 19.9. The number of benzene rings is 3. The van der Waals surface area contributed by atoms with Crippen molar-refractivity contribution in [2.24, 2.45) is 0 Å². The number of nitro benzene ring substituents is 1. The number of nitrogens with zero attached hydrogens (tertiary/aromatic N) is 3. The van der Waals surface area contributed by atoms with Crippen LogP contribution in [0, 0.1) is 10.1 Å². The van der Waals surface area contributed by atoms with Gasteiger partial charge in [0.25, 0.3) is 11.6 Å². The molecule has 34 heavy (non-hydrogen) atoms. The van der Waals surface area contributed by atoms with Gasteiger partial charge in [-0.3, -0.25) is 19.8 Å². The third-order valence-electron chi connectivity index (χ3n) is 5.47. The van der Waals surface area contributed by atoms with Crippen molar-refractivity contribution in [1.29, 1.82) is 0 Å². The molecule has 0 spiro atoms. The summed E-state index contributed by atoms with van der Waals surface area (Å²) in [6.07, 6.45) is 3.84. The maximum atomic E-state index is 13.2. The minimum absolute atomic E-state index is 0.0588. The van der Waals surface area contributed by atoms with Crippen LogP contribution < -0.4 is 4.90 Å². The molecular weight excluding hydrogens is 490 g/mol. The first-order valence-corrected chi connectivity index (χ1v) is 11.9. The fraction of sp³-hybridized carbons (Fsp3) is 0.0400. The van der Waals surface area contributed by atoms with E-state index in [1.54, 1.807) is 36.4 Å². The number of amides is 1. The van der Waals surface area contributed by atoms with E-state index in [0.29, 0.717) is 26.5 Å². The summed E-state index contributed by atoms with van der Waals surface area (Å²) in [5.41, 5.74) is 3.52. The van der Waals surface area contributed by atoms with Crippen LogP contribution in [0.1, 0.15) is 11.1 Å². The summed E-state index contributed by atoms with van der Waals surface area (Å²) in [6.45, 7) is 0.538. The molecule has 0 saturated carbocycles. The maximum absolute atomic E-state index is 13.2. The van der Waals surface area contributed by atoms with Crippen LogP contribution in [0.2, 0.25) is 5.02 Å². The van der Waals surface area contributed by atoms with Crippen LogP contribution in [0.3, 0.4) is 0 Å². The molecular formula is C25H16ClN3O3S2. The summed E-state index contributed by atoms with van der Waals surface area (Å²) in [4.78, 5) is 25.8. The van der Waals surface area contributed by atoms with E-state index in [1.165, 1.54) is 28.8 Å². The van der Waals surface area contributed by atoms with Crippen LogP contribution >= 0.6 is 35.6 Å². The maximum Gasteiger partial charge on any atom is 0.270 e. The van der Waals surface area contributed by atoms with E-state index in [9.17, 15) is 14.9 Å². The number of carbonyl (C=O) groups excluding carboxylic acids is 1.